The van der Waals surface area contributed by atoms with Crippen LogP contribution in [0.1, 0.15) is 181 Å². The molecule has 0 fully saturated rings. The highest BCUT2D eigenvalue weighted by Gasteiger charge is 2.16. The van der Waals surface area contributed by atoms with Gasteiger partial charge >= 0.3 is 0 Å². The molecular weight excluding hydrogens is 424 g/mol. The molecule has 0 radical (unpaired) electrons. The lowest BCUT2D eigenvalue weighted by Gasteiger charge is -2.06. The normalized spacial score (nSPS) is 11.5. The fourth-order valence-electron chi connectivity index (χ4n) is 5.41. The van der Waals surface area contributed by atoms with Crippen LogP contribution in [0.25, 0.3) is 0 Å². The topological polar surface area (TPSA) is 8.81 Å². The minimum Gasteiger partial charge on any atom is -0.234 e. The van der Waals surface area contributed by atoms with Gasteiger partial charge in [-0.3, -0.25) is 0 Å². The first kappa shape index (κ1) is 32.2. The molecule has 2 heteroatoms. The van der Waals surface area contributed by atoms with Gasteiger partial charge in [0.1, 0.15) is 12.4 Å². The number of aryl methyl sites for hydroxylation is 2. The molecular formula is C33H65N2+. The number of nitrogens with zero attached hydrogens (tertiary/aromatic N) is 2. The van der Waals surface area contributed by atoms with E-state index in [2.05, 4.69) is 42.3 Å². The van der Waals surface area contributed by atoms with Crippen molar-refractivity contribution in [3.05, 3.63) is 18.2 Å². The Kier molecular flexibility index (Phi) is 22.9. The minimum atomic E-state index is 1.20. The molecule has 0 aromatic carbocycles. The SMILES string of the molecule is CCCCCCCCCCCCCCCCCC[n+]1ccn(CCCC)c1CCCCCCCC. The smallest absolute Gasteiger partial charge is 0.234 e. The van der Waals surface area contributed by atoms with Gasteiger partial charge in [0.25, 0.3) is 5.82 Å². The van der Waals surface area contributed by atoms with E-state index in [0.29, 0.717) is 0 Å². The zero-order valence-corrected chi connectivity index (χ0v) is 24.6. The molecule has 206 valence electrons. The molecule has 0 bridgehead atoms. The summed E-state index contributed by atoms with van der Waals surface area (Å²) < 4.78 is 5.15. The molecule has 0 aliphatic rings. The van der Waals surface area contributed by atoms with Crippen LogP contribution >= 0.6 is 0 Å². The Labute approximate surface area is 221 Å². The third-order valence-corrected chi connectivity index (χ3v) is 7.85. The van der Waals surface area contributed by atoms with E-state index in [1.807, 2.05) is 0 Å². The van der Waals surface area contributed by atoms with Crippen LogP contribution in [0, 0.1) is 0 Å². The van der Waals surface area contributed by atoms with Crippen LogP contribution in [0.5, 0.6) is 0 Å². The van der Waals surface area contributed by atoms with Crippen LogP contribution in [-0.2, 0) is 19.5 Å². The summed E-state index contributed by atoms with van der Waals surface area (Å²) in [6, 6.07) is 0. The quantitative estimate of drug-likeness (QED) is 0.0858. The van der Waals surface area contributed by atoms with Gasteiger partial charge in [0.15, 0.2) is 0 Å². The highest BCUT2D eigenvalue weighted by atomic mass is 15.1. The molecule has 0 saturated heterocycles. The molecule has 2 nitrogen and oxygen atoms in total. The van der Waals surface area contributed by atoms with E-state index in [9.17, 15) is 0 Å². The summed E-state index contributed by atoms with van der Waals surface area (Å²) in [5.41, 5.74) is 0. The second-order valence-corrected chi connectivity index (χ2v) is 11.3. The monoisotopic (exact) mass is 490 g/mol. The average Bonchev–Trinajstić information content (AvgIpc) is 3.25. The molecule has 0 atom stereocenters. The Morgan fingerprint density at radius 1 is 0.486 bits per heavy atom. The Morgan fingerprint density at radius 3 is 1.34 bits per heavy atom. The predicted molar refractivity (Wildman–Crippen MR) is 156 cm³/mol. The highest BCUT2D eigenvalue weighted by molar-refractivity contribution is 4.84. The van der Waals surface area contributed by atoms with Crippen LogP contribution in [-0.4, -0.2) is 4.57 Å². The summed E-state index contributed by atoms with van der Waals surface area (Å²) in [5.74, 6) is 1.59. The van der Waals surface area contributed by atoms with E-state index in [4.69, 9.17) is 0 Å². The molecule has 1 heterocycles. The molecule has 0 unspecified atom stereocenters. The predicted octanol–water partition coefficient (Wildman–Crippen LogP) is 10.7. The summed E-state index contributed by atoms with van der Waals surface area (Å²) in [4.78, 5) is 0. The molecule has 0 amide bonds. The fraction of sp³-hybridized carbons (Fsp3) is 0.909. The lowest BCUT2D eigenvalue weighted by molar-refractivity contribution is -0.704. The van der Waals surface area contributed by atoms with Crippen molar-refractivity contribution in [2.75, 3.05) is 0 Å². The second kappa shape index (κ2) is 24.9. The molecule has 0 spiro atoms. The molecule has 0 aliphatic heterocycles. The van der Waals surface area contributed by atoms with Gasteiger partial charge in [0, 0.05) is 6.42 Å². The summed E-state index contributed by atoms with van der Waals surface area (Å²) in [5, 5.41) is 0. The first-order chi connectivity index (χ1) is 17.3. The molecule has 0 N–H and O–H groups in total. The number of unbranched alkanes of at least 4 members (excludes halogenated alkanes) is 21. The zero-order chi connectivity index (χ0) is 25.2. The van der Waals surface area contributed by atoms with Gasteiger partial charge in [-0.2, -0.15) is 0 Å². The minimum absolute atomic E-state index is 1.20. The van der Waals surface area contributed by atoms with E-state index in [1.54, 1.807) is 5.82 Å². The zero-order valence-electron chi connectivity index (χ0n) is 24.6. The molecule has 0 aliphatic carbocycles. The van der Waals surface area contributed by atoms with E-state index in [-0.39, 0.29) is 0 Å². The standard InChI is InChI=1S/C33H65N2/c1-4-7-10-12-14-15-16-17-18-19-20-21-22-23-25-27-30-35-32-31-34(29-9-6-3)33(35)28-26-24-13-11-8-5-2/h31-32H,4-30H2,1-3H3/q+1. The molecule has 35 heavy (non-hydrogen) atoms. The first-order valence-electron chi connectivity index (χ1n) is 16.4. The van der Waals surface area contributed by atoms with E-state index in [0.717, 1.165) is 0 Å². The number of aromatic nitrogens is 2. The van der Waals surface area contributed by atoms with Crippen molar-refractivity contribution < 1.29 is 4.57 Å². The van der Waals surface area contributed by atoms with Crippen molar-refractivity contribution in [2.24, 2.45) is 0 Å². The van der Waals surface area contributed by atoms with Gasteiger partial charge in [-0.15, -0.1) is 0 Å². The number of rotatable bonds is 27. The number of hydrogen-bond donors (Lipinski definition) is 0. The van der Waals surface area contributed by atoms with Crippen molar-refractivity contribution in [1.29, 1.82) is 0 Å². The van der Waals surface area contributed by atoms with Gasteiger partial charge in [0.2, 0.25) is 0 Å². The highest BCUT2D eigenvalue weighted by Crippen LogP contribution is 2.14. The third-order valence-electron chi connectivity index (χ3n) is 7.85. The molecule has 1 rings (SSSR count). The van der Waals surface area contributed by atoms with E-state index < -0.39 is 0 Å². The lowest BCUT2D eigenvalue weighted by Crippen LogP contribution is -2.37. The summed E-state index contributed by atoms with van der Waals surface area (Å²) in [6.07, 6.45) is 40.1. The van der Waals surface area contributed by atoms with Crippen LogP contribution in [0.15, 0.2) is 12.4 Å². The largest absolute Gasteiger partial charge is 0.256 e. The van der Waals surface area contributed by atoms with Gasteiger partial charge < -0.3 is 0 Å². The Morgan fingerprint density at radius 2 is 0.886 bits per heavy atom. The molecule has 1 aromatic heterocycles. The van der Waals surface area contributed by atoms with Crippen LogP contribution in [0.3, 0.4) is 0 Å². The van der Waals surface area contributed by atoms with E-state index in [1.165, 1.54) is 174 Å². The Balaban J connectivity index is 2.07. The van der Waals surface area contributed by atoms with Crippen molar-refractivity contribution in [1.82, 2.24) is 4.57 Å². The summed E-state index contributed by atoms with van der Waals surface area (Å²) >= 11 is 0. The maximum atomic E-state index is 2.59. The molecule has 1 aromatic rings. The van der Waals surface area contributed by atoms with Gasteiger partial charge in [0.05, 0.1) is 13.1 Å². The van der Waals surface area contributed by atoms with E-state index >= 15 is 0 Å². The average molecular weight is 490 g/mol. The molecule has 0 saturated carbocycles. The van der Waals surface area contributed by atoms with Crippen molar-refractivity contribution >= 4 is 0 Å². The summed E-state index contributed by atoms with van der Waals surface area (Å²) in [6.45, 7) is 9.35. The lowest BCUT2D eigenvalue weighted by atomic mass is 10.0. The second-order valence-electron chi connectivity index (χ2n) is 11.3. The fourth-order valence-corrected chi connectivity index (χ4v) is 5.41. The van der Waals surface area contributed by atoms with Crippen molar-refractivity contribution in [2.45, 2.75) is 194 Å². The first-order valence-corrected chi connectivity index (χ1v) is 16.4. The maximum absolute atomic E-state index is 2.59. The number of imidazole rings is 1. The number of hydrogen-bond acceptors (Lipinski definition) is 0. The third kappa shape index (κ3) is 18.2. The van der Waals surface area contributed by atoms with Crippen LogP contribution in [0.2, 0.25) is 0 Å². The van der Waals surface area contributed by atoms with Crippen molar-refractivity contribution in [3.63, 3.8) is 0 Å². The van der Waals surface area contributed by atoms with Gasteiger partial charge in [-0.1, -0.05) is 149 Å². The van der Waals surface area contributed by atoms with Crippen LogP contribution in [0.4, 0.5) is 0 Å². The maximum Gasteiger partial charge on any atom is 0.256 e. The van der Waals surface area contributed by atoms with Crippen LogP contribution < -0.4 is 4.57 Å². The summed E-state index contributed by atoms with van der Waals surface area (Å²) in [7, 11) is 0. The Bertz CT molecular complexity index is 547. The van der Waals surface area contributed by atoms with Gasteiger partial charge in [-0.05, 0) is 25.7 Å². The Hall–Kier alpha value is -0.790. The van der Waals surface area contributed by atoms with Crippen molar-refractivity contribution in [3.8, 4) is 0 Å². The van der Waals surface area contributed by atoms with Gasteiger partial charge in [-0.25, -0.2) is 9.13 Å².